The van der Waals surface area contributed by atoms with Crippen molar-refractivity contribution in [2.75, 3.05) is 30.4 Å². The van der Waals surface area contributed by atoms with Crippen LogP contribution in [0.25, 0.3) is 10.2 Å². The van der Waals surface area contributed by atoms with Gasteiger partial charge < -0.3 is 15.0 Å². The topological polar surface area (TPSA) is 50.3 Å². The lowest BCUT2D eigenvalue weighted by molar-refractivity contribution is 0.0254. The fourth-order valence-electron chi connectivity index (χ4n) is 3.55. The monoisotopic (exact) mass is 304 g/mol. The van der Waals surface area contributed by atoms with Crippen molar-refractivity contribution < 1.29 is 4.74 Å². The van der Waals surface area contributed by atoms with Crippen molar-refractivity contribution in [3.63, 3.8) is 0 Å². The molecule has 0 aromatic carbocycles. The minimum absolute atomic E-state index is 0.376. The molecule has 3 heterocycles. The van der Waals surface area contributed by atoms with Crippen LogP contribution in [-0.4, -0.2) is 42.3 Å². The second kappa shape index (κ2) is 5.10. The van der Waals surface area contributed by atoms with Crippen molar-refractivity contribution in [3.8, 4) is 0 Å². The predicted octanol–water partition coefficient (Wildman–Crippen LogP) is 2.80. The van der Waals surface area contributed by atoms with Gasteiger partial charge in [-0.2, -0.15) is 4.98 Å². The molecular weight excluding hydrogens is 284 g/mol. The molecule has 2 aliphatic rings. The van der Waals surface area contributed by atoms with Crippen LogP contribution in [0.4, 0.5) is 11.8 Å². The molecule has 1 N–H and O–H groups in total. The highest BCUT2D eigenvalue weighted by Gasteiger charge is 2.37. The molecule has 1 aliphatic carbocycles. The van der Waals surface area contributed by atoms with Crippen molar-refractivity contribution in [1.29, 1.82) is 0 Å². The molecule has 2 aromatic heterocycles. The molecule has 1 aliphatic heterocycles. The van der Waals surface area contributed by atoms with E-state index in [0.29, 0.717) is 18.1 Å². The number of nitrogens with one attached hydrogen (secondary N) is 1. The molecular formula is C15H20N4OS. The third-order valence-electron chi connectivity index (χ3n) is 4.47. The zero-order valence-electron chi connectivity index (χ0n) is 12.4. The molecule has 1 saturated carbocycles. The number of morpholine rings is 1. The Balaban J connectivity index is 1.84. The molecule has 112 valence electrons. The van der Waals surface area contributed by atoms with Crippen LogP contribution in [0.5, 0.6) is 0 Å². The molecule has 2 aromatic rings. The van der Waals surface area contributed by atoms with Crippen LogP contribution in [0.15, 0.2) is 6.07 Å². The van der Waals surface area contributed by atoms with Crippen LogP contribution in [0.1, 0.15) is 24.1 Å². The summed E-state index contributed by atoms with van der Waals surface area (Å²) in [6, 6.07) is 2.69. The van der Waals surface area contributed by atoms with E-state index in [1.807, 2.05) is 7.05 Å². The van der Waals surface area contributed by atoms with E-state index in [9.17, 15) is 0 Å². The first kappa shape index (κ1) is 13.3. The van der Waals surface area contributed by atoms with Gasteiger partial charge in [0, 0.05) is 18.5 Å². The van der Waals surface area contributed by atoms with E-state index in [1.165, 1.54) is 29.5 Å². The summed E-state index contributed by atoms with van der Waals surface area (Å²) in [4.78, 5) is 14.2. The summed E-state index contributed by atoms with van der Waals surface area (Å²) in [5, 5.41) is 4.28. The maximum absolute atomic E-state index is 5.93. The molecule has 1 saturated heterocycles. The summed E-state index contributed by atoms with van der Waals surface area (Å²) in [7, 11) is 1.88. The third-order valence-corrected chi connectivity index (χ3v) is 5.42. The standard InChI is InChI=1S/C15H20N4OS/c1-9-8-10-13(17-15(16-2)18-14(10)21-9)19-6-7-20-12-5-3-4-11(12)19/h8,11-12H,3-7H2,1-2H3,(H,16,17,18). The number of ether oxygens (including phenoxy) is 1. The number of aryl methyl sites for hydroxylation is 1. The first-order chi connectivity index (χ1) is 10.3. The van der Waals surface area contributed by atoms with Crippen molar-refractivity contribution in [3.05, 3.63) is 10.9 Å². The number of hydrogen-bond donors (Lipinski definition) is 1. The van der Waals surface area contributed by atoms with Crippen molar-refractivity contribution in [1.82, 2.24) is 9.97 Å². The average Bonchev–Trinajstić information content (AvgIpc) is 3.10. The maximum Gasteiger partial charge on any atom is 0.225 e. The summed E-state index contributed by atoms with van der Waals surface area (Å²) in [5.74, 6) is 1.79. The van der Waals surface area contributed by atoms with Crippen LogP contribution >= 0.6 is 11.3 Å². The largest absolute Gasteiger partial charge is 0.374 e. The number of hydrogen-bond acceptors (Lipinski definition) is 6. The van der Waals surface area contributed by atoms with Crippen molar-refractivity contribution >= 4 is 33.3 Å². The smallest absolute Gasteiger partial charge is 0.225 e. The summed E-state index contributed by atoms with van der Waals surface area (Å²) >= 11 is 1.74. The zero-order chi connectivity index (χ0) is 14.4. The van der Waals surface area contributed by atoms with Gasteiger partial charge in [0.05, 0.1) is 24.1 Å². The second-order valence-corrected chi connectivity index (χ2v) is 7.03. The molecule has 5 nitrogen and oxygen atoms in total. The number of fused-ring (bicyclic) bond motifs is 2. The van der Waals surface area contributed by atoms with Crippen LogP contribution in [-0.2, 0) is 4.74 Å². The van der Waals surface area contributed by atoms with Crippen LogP contribution in [0.3, 0.4) is 0 Å². The summed E-state index contributed by atoms with van der Waals surface area (Å²) in [6.45, 7) is 3.85. The Morgan fingerprint density at radius 2 is 2.29 bits per heavy atom. The molecule has 6 heteroatoms. The van der Waals surface area contributed by atoms with Gasteiger partial charge >= 0.3 is 0 Å². The maximum atomic E-state index is 5.93. The van der Waals surface area contributed by atoms with Gasteiger partial charge in [-0.25, -0.2) is 4.98 Å². The van der Waals surface area contributed by atoms with Gasteiger partial charge in [-0.1, -0.05) is 0 Å². The minimum Gasteiger partial charge on any atom is -0.374 e. The van der Waals surface area contributed by atoms with Crippen LogP contribution < -0.4 is 10.2 Å². The van der Waals surface area contributed by atoms with Gasteiger partial charge in [-0.15, -0.1) is 11.3 Å². The van der Waals surface area contributed by atoms with Crippen LogP contribution in [0, 0.1) is 6.92 Å². The average molecular weight is 304 g/mol. The highest BCUT2D eigenvalue weighted by atomic mass is 32.1. The SMILES string of the molecule is CNc1nc(N2CCOC3CCCC32)c2cc(C)sc2n1. The quantitative estimate of drug-likeness (QED) is 0.924. The van der Waals surface area contributed by atoms with E-state index in [2.05, 4.69) is 28.2 Å². The van der Waals surface area contributed by atoms with Gasteiger partial charge in [-0.05, 0) is 32.3 Å². The Kier molecular flexibility index (Phi) is 3.23. The Labute approximate surface area is 128 Å². The molecule has 0 bridgehead atoms. The molecule has 0 spiro atoms. The zero-order valence-corrected chi connectivity index (χ0v) is 13.2. The molecule has 21 heavy (non-hydrogen) atoms. The first-order valence-electron chi connectivity index (χ1n) is 7.60. The van der Waals surface area contributed by atoms with E-state index in [1.54, 1.807) is 11.3 Å². The normalized spacial score (nSPS) is 25.3. The van der Waals surface area contributed by atoms with Crippen LogP contribution in [0.2, 0.25) is 0 Å². The van der Waals surface area contributed by atoms with Gasteiger partial charge in [0.15, 0.2) is 0 Å². The predicted molar refractivity (Wildman–Crippen MR) is 86.4 cm³/mol. The van der Waals surface area contributed by atoms with E-state index < -0.39 is 0 Å². The number of thiophene rings is 1. The summed E-state index contributed by atoms with van der Waals surface area (Å²) in [6.07, 6.45) is 4.01. The van der Waals surface area contributed by atoms with E-state index in [0.717, 1.165) is 23.8 Å². The minimum atomic E-state index is 0.376. The first-order valence-corrected chi connectivity index (χ1v) is 8.42. The lowest BCUT2D eigenvalue weighted by Gasteiger charge is -2.38. The molecule has 2 atom stereocenters. The molecule has 4 rings (SSSR count). The van der Waals surface area contributed by atoms with Crippen molar-refractivity contribution in [2.45, 2.75) is 38.3 Å². The highest BCUT2D eigenvalue weighted by molar-refractivity contribution is 7.18. The van der Waals surface area contributed by atoms with E-state index >= 15 is 0 Å². The Bertz CT molecular complexity index is 671. The Hall–Kier alpha value is -1.40. The summed E-state index contributed by atoms with van der Waals surface area (Å²) < 4.78 is 5.93. The van der Waals surface area contributed by atoms with Gasteiger partial charge in [0.2, 0.25) is 5.95 Å². The van der Waals surface area contributed by atoms with E-state index in [-0.39, 0.29) is 0 Å². The van der Waals surface area contributed by atoms with E-state index in [4.69, 9.17) is 9.72 Å². The highest BCUT2D eigenvalue weighted by Crippen LogP contribution is 2.37. The molecule has 0 radical (unpaired) electrons. The molecule has 2 fully saturated rings. The number of rotatable bonds is 2. The van der Waals surface area contributed by atoms with Gasteiger partial charge in [0.1, 0.15) is 10.6 Å². The Morgan fingerprint density at radius 3 is 3.14 bits per heavy atom. The third kappa shape index (κ3) is 2.17. The van der Waals surface area contributed by atoms with Gasteiger partial charge in [0.25, 0.3) is 0 Å². The molecule has 2 unspecified atom stereocenters. The number of anilines is 2. The fourth-order valence-corrected chi connectivity index (χ4v) is 4.42. The fraction of sp³-hybridized carbons (Fsp3) is 0.600. The lowest BCUT2D eigenvalue weighted by atomic mass is 10.1. The number of aromatic nitrogens is 2. The molecule has 0 amide bonds. The van der Waals surface area contributed by atoms with Gasteiger partial charge in [-0.3, -0.25) is 0 Å². The second-order valence-electron chi connectivity index (χ2n) is 5.80. The number of nitrogens with zero attached hydrogens (tertiary/aromatic N) is 3. The van der Waals surface area contributed by atoms with Crippen molar-refractivity contribution in [2.24, 2.45) is 0 Å². The summed E-state index contributed by atoms with van der Waals surface area (Å²) in [5.41, 5.74) is 0. The lowest BCUT2D eigenvalue weighted by Crippen LogP contribution is -2.49. The Morgan fingerprint density at radius 1 is 1.38 bits per heavy atom.